The Morgan fingerprint density at radius 2 is 0.946 bits per heavy atom. The van der Waals surface area contributed by atoms with Crippen molar-refractivity contribution in [3.05, 3.63) is 72.6 Å². The van der Waals surface area contributed by atoms with E-state index in [4.69, 9.17) is 0 Å². The molecule has 0 radical (unpaired) electrons. The van der Waals surface area contributed by atoms with Gasteiger partial charge in [-0.1, -0.05) is 76.2 Å². The summed E-state index contributed by atoms with van der Waals surface area (Å²) in [6.07, 6.45) is 4.37. The molecule has 2 saturated heterocycles. The predicted molar refractivity (Wildman–Crippen MR) is 211 cm³/mol. The first kappa shape index (κ1) is 40.3. The number of imidazole rings is 2. The van der Waals surface area contributed by atoms with Crippen LogP contribution >= 0.6 is 0 Å². The Morgan fingerprint density at radius 3 is 1.29 bits per heavy atom. The van der Waals surface area contributed by atoms with Gasteiger partial charge in [-0.3, -0.25) is 19.2 Å². The number of aliphatic hydroxyl groups excluding tert-OH is 2. The maximum Gasteiger partial charge on any atom is 0.249 e. The van der Waals surface area contributed by atoms with E-state index in [9.17, 15) is 29.4 Å². The molecule has 2 aromatic carbocycles. The molecule has 2 aliphatic heterocycles. The molecule has 0 bridgehead atoms. The Morgan fingerprint density at radius 1 is 0.607 bits per heavy atom. The number of hydrogen-bond donors (Lipinski definition) is 6. The van der Waals surface area contributed by atoms with Gasteiger partial charge in [0.05, 0.1) is 35.9 Å². The maximum absolute atomic E-state index is 13.3. The zero-order valence-corrected chi connectivity index (χ0v) is 33.0. The van der Waals surface area contributed by atoms with Gasteiger partial charge < -0.3 is 40.6 Å². The van der Waals surface area contributed by atoms with Crippen LogP contribution in [0.4, 0.5) is 0 Å². The molecule has 56 heavy (non-hydrogen) atoms. The van der Waals surface area contributed by atoms with Gasteiger partial charge >= 0.3 is 0 Å². The first-order chi connectivity index (χ1) is 26.7. The van der Waals surface area contributed by atoms with Crippen LogP contribution in [-0.4, -0.2) is 101 Å². The lowest BCUT2D eigenvalue weighted by molar-refractivity contribution is -0.140. The number of likely N-dealkylation sites (tertiary alicyclic amines) is 2. The zero-order valence-electron chi connectivity index (χ0n) is 33.0. The van der Waals surface area contributed by atoms with Crippen molar-refractivity contribution in [2.24, 2.45) is 11.8 Å². The average molecular weight is 767 g/mol. The molecule has 0 saturated carbocycles. The number of hydrogen-bond acceptors (Lipinski definition) is 8. The second-order valence-corrected chi connectivity index (χ2v) is 15.7. The highest BCUT2D eigenvalue weighted by atomic mass is 16.3. The summed E-state index contributed by atoms with van der Waals surface area (Å²) in [5.74, 6) is -0.625. The van der Waals surface area contributed by atoms with Crippen LogP contribution in [0.3, 0.4) is 0 Å². The fourth-order valence-electron chi connectivity index (χ4n) is 7.44. The van der Waals surface area contributed by atoms with Crippen molar-refractivity contribution < 1.29 is 29.4 Å². The van der Waals surface area contributed by atoms with Gasteiger partial charge in [-0.05, 0) is 73.6 Å². The standard InChI is InChI=1S/C42H54N8O6/c1-23(2)35(51)39(53)45-25(5)41(55)49-19-7-9-33(49)37-43-21-31(47-37)29-15-11-27(12-16-29)28-13-17-30(18-14-28)32-22-44-38(48-32)34-10-8-20-50(34)42(56)26(6)46-40(54)36(52)24(3)4/h11-18,21-26,33-36,51-52H,7-10,19-20H2,1-6H3,(H,43,47)(H,44,48)(H,45,53)(H,46,54)/t25-,26-,33-,34-,35-,36-/m0/s1. The molecule has 0 unspecified atom stereocenters. The van der Waals surface area contributed by atoms with E-state index in [-0.39, 0.29) is 35.7 Å². The van der Waals surface area contributed by atoms with E-state index < -0.39 is 36.1 Å². The molecule has 0 spiro atoms. The minimum atomic E-state index is -1.17. The van der Waals surface area contributed by atoms with Crippen molar-refractivity contribution in [1.82, 2.24) is 40.4 Å². The number of nitrogens with one attached hydrogen (secondary N) is 4. The first-order valence-corrected chi connectivity index (χ1v) is 19.6. The van der Waals surface area contributed by atoms with E-state index in [0.29, 0.717) is 24.7 Å². The number of carbonyl (C=O) groups excluding carboxylic acids is 4. The number of carbonyl (C=O) groups is 4. The van der Waals surface area contributed by atoms with Gasteiger partial charge in [-0.25, -0.2) is 9.97 Å². The van der Waals surface area contributed by atoms with Crippen molar-refractivity contribution in [1.29, 1.82) is 0 Å². The third-order valence-corrected chi connectivity index (χ3v) is 10.9. The highest BCUT2D eigenvalue weighted by molar-refractivity contribution is 5.90. The molecule has 6 rings (SSSR count). The molecule has 298 valence electrons. The number of nitrogens with zero attached hydrogens (tertiary/aromatic N) is 4. The topological polar surface area (TPSA) is 197 Å². The third kappa shape index (κ3) is 8.71. The van der Waals surface area contributed by atoms with Gasteiger partial charge in [-0.15, -0.1) is 0 Å². The van der Waals surface area contributed by atoms with E-state index in [2.05, 4.69) is 54.8 Å². The molecule has 4 aromatic rings. The van der Waals surface area contributed by atoms with Crippen LogP contribution in [0, 0.1) is 11.8 Å². The Bertz CT molecular complexity index is 1860. The Balaban J connectivity index is 1.07. The summed E-state index contributed by atoms with van der Waals surface area (Å²) in [6.45, 7) is 11.4. The van der Waals surface area contributed by atoms with E-state index in [1.54, 1.807) is 63.7 Å². The second kappa shape index (κ2) is 17.2. The Kier molecular flexibility index (Phi) is 12.4. The van der Waals surface area contributed by atoms with Crippen molar-refractivity contribution in [3.63, 3.8) is 0 Å². The number of aliphatic hydroxyl groups is 2. The van der Waals surface area contributed by atoms with Crippen molar-refractivity contribution >= 4 is 23.6 Å². The van der Waals surface area contributed by atoms with Gasteiger partial charge in [0.1, 0.15) is 35.9 Å². The molecule has 14 nitrogen and oxygen atoms in total. The van der Waals surface area contributed by atoms with E-state index in [1.807, 2.05) is 24.3 Å². The van der Waals surface area contributed by atoms with Crippen LogP contribution in [-0.2, 0) is 19.2 Å². The fraction of sp³-hybridized carbons (Fsp3) is 0.476. The Hall–Kier alpha value is -5.34. The van der Waals surface area contributed by atoms with Crippen LogP contribution in [0.2, 0.25) is 0 Å². The van der Waals surface area contributed by atoms with Crippen LogP contribution < -0.4 is 10.6 Å². The lowest BCUT2D eigenvalue weighted by Crippen LogP contribution is -2.50. The summed E-state index contributed by atoms with van der Waals surface area (Å²) < 4.78 is 0. The number of H-pyrrole nitrogens is 2. The van der Waals surface area contributed by atoms with Crippen molar-refractivity contribution in [2.75, 3.05) is 13.1 Å². The van der Waals surface area contributed by atoms with Crippen molar-refractivity contribution in [3.8, 4) is 33.6 Å². The summed E-state index contributed by atoms with van der Waals surface area (Å²) in [5.41, 5.74) is 5.67. The van der Waals surface area contributed by atoms with Crippen LogP contribution in [0.15, 0.2) is 60.9 Å². The largest absolute Gasteiger partial charge is 0.383 e. The highest BCUT2D eigenvalue weighted by Gasteiger charge is 2.37. The molecular formula is C42H54N8O6. The molecule has 2 aromatic heterocycles. The van der Waals surface area contributed by atoms with E-state index in [0.717, 1.165) is 59.3 Å². The smallest absolute Gasteiger partial charge is 0.249 e. The number of amides is 4. The molecule has 6 atom stereocenters. The first-order valence-electron chi connectivity index (χ1n) is 19.6. The quantitative estimate of drug-likeness (QED) is 0.114. The van der Waals surface area contributed by atoms with Gasteiger partial charge in [0.25, 0.3) is 0 Å². The Labute approximate surface area is 327 Å². The predicted octanol–water partition coefficient (Wildman–Crippen LogP) is 4.50. The minimum Gasteiger partial charge on any atom is -0.383 e. The van der Waals surface area contributed by atoms with Crippen LogP contribution in [0.5, 0.6) is 0 Å². The third-order valence-electron chi connectivity index (χ3n) is 10.9. The van der Waals surface area contributed by atoms with Gasteiger partial charge in [0, 0.05) is 13.1 Å². The molecule has 14 heteroatoms. The molecule has 0 aliphatic carbocycles. The number of benzene rings is 2. The van der Waals surface area contributed by atoms with Gasteiger partial charge in [-0.2, -0.15) is 0 Å². The van der Waals surface area contributed by atoms with Crippen LogP contribution in [0.25, 0.3) is 33.6 Å². The second-order valence-electron chi connectivity index (χ2n) is 15.7. The molecular weight excluding hydrogens is 713 g/mol. The summed E-state index contributed by atoms with van der Waals surface area (Å²) in [7, 11) is 0. The normalized spacial score (nSPS) is 19.2. The van der Waals surface area contributed by atoms with Gasteiger partial charge in [0.2, 0.25) is 23.6 Å². The molecule has 4 heterocycles. The summed E-state index contributed by atoms with van der Waals surface area (Å²) in [4.78, 5) is 71.0. The monoisotopic (exact) mass is 766 g/mol. The number of rotatable bonds is 13. The highest BCUT2D eigenvalue weighted by Crippen LogP contribution is 2.34. The molecule has 4 amide bonds. The zero-order chi connectivity index (χ0) is 40.3. The van der Waals surface area contributed by atoms with E-state index >= 15 is 0 Å². The van der Waals surface area contributed by atoms with Crippen molar-refractivity contribution in [2.45, 2.75) is 104 Å². The molecule has 6 N–H and O–H groups in total. The summed E-state index contributed by atoms with van der Waals surface area (Å²) >= 11 is 0. The summed E-state index contributed by atoms with van der Waals surface area (Å²) in [5, 5.41) is 25.5. The molecule has 2 fully saturated rings. The lowest BCUT2D eigenvalue weighted by Gasteiger charge is -2.27. The summed E-state index contributed by atoms with van der Waals surface area (Å²) in [6, 6.07) is 14.3. The number of aromatic amines is 2. The lowest BCUT2D eigenvalue weighted by atomic mass is 10.0. The average Bonchev–Trinajstić information content (AvgIpc) is 4.03. The fourth-order valence-corrected chi connectivity index (χ4v) is 7.44. The molecule has 2 aliphatic rings. The number of aromatic nitrogens is 4. The maximum atomic E-state index is 13.3. The van der Waals surface area contributed by atoms with Crippen LogP contribution in [0.1, 0.15) is 91.0 Å². The van der Waals surface area contributed by atoms with E-state index in [1.165, 1.54) is 0 Å². The SMILES string of the molecule is CC(C)[C@H](O)C(=O)N[C@@H](C)C(=O)N1CCC[C@H]1c1ncc(-c2ccc(-c3ccc(-c4cnc([C@@H]5CCCN5C(=O)[C@H](C)NC(=O)[C@@H](O)C(C)C)[nH]4)cc3)cc2)[nH]1. The van der Waals surface area contributed by atoms with Gasteiger partial charge in [0.15, 0.2) is 0 Å². The minimum absolute atomic E-state index is 0.205.